The van der Waals surface area contributed by atoms with Gasteiger partial charge < -0.3 is 0 Å². The van der Waals surface area contributed by atoms with E-state index in [1.807, 2.05) is 18.2 Å². The molecule has 124 valence electrons. The first-order valence-electron chi connectivity index (χ1n) is 7.71. The van der Waals surface area contributed by atoms with Crippen LogP contribution in [-0.4, -0.2) is 48.8 Å². The second kappa shape index (κ2) is 7.09. The second-order valence-electron chi connectivity index (χ2n) is 5.67. The molecule has 0 aliphatic carbocycles. The Bertz CT molecular complexity index is 821. The van der Waals surface area contributed by atoms with Gasteiger partial charge in [-0.15, -0.1) is 0 Å². The number of benzene rings is 1. The fourth-order valence-electron chi connectivity index (χ4n) is 2.72. The zero-order chi connectivity index (χ0) is 17.0. The predicted molar refractivity (Wildman–Crippen MR) is 89.4 cm³/mol. The maximum atomic E-state index is 12.7. The minimum atomic E-state index is -3.50. The molecule has 0 radical (unpaired) electrons. The van der Waals surface area contributed by atoms with Crippen LogP contribution in [0, 0.1) is 11.3 Å². The summed E-state index contributed by atoms with van der Waals surface area (Å²) in [5.41, 5.74) is 1.63. The van der Waals surface area contributed by atoms with Crippen molar-refractivity contribution in [2.45, 2.75) is 11.4 Å². The van der Waals surface area contributed by atoms with Gasteiger partial charge in [-0.1, -0.05) is 0 Å². The van der Waals surface area contributed by atoms with Crippen LogP contribution in [-0.2, 0) is 16.6 Å². The van der Waals surface area contributed by atoms with Gasteiger partial charge in [0.25, 0.3) is 0 Å². The molecule has 1 aromatic carbocycles. The molecule has 1 aliphatic heterocycles. The Morgan fingerprint density at radius 1 is 1.00 bits per heavy atom. The van der Waals surface area contributed by atoms with E-state index in [1.54, 1.807) is 12.4 Å². The van der Waals surface area contributed by atoms with Gasteiger partial charge in [0, 0.05) is 45.1 Å². The Hall–Kier alpha value is -2.27. The number of aromatic nitrogens is 1. The summed E-state index contributed by atoms with van der Waals surface area (Å²) in [6, 6.07) is 12.0. The SMILES string of the molecule is N#Cc1ccc(S(=O)(=O)N2CCN(Cc3ccncc3)CC2)cc1. The van der Waals surface area contributed by atoms with E-state index < -0.39 is 10.0 Å². The van der Waals surface area contributed by atoms with Crippen molar-refractivity contribution >= 4 is 10.0 Å². The van der Waals surface area contributed by atoms with Gasteiger partial charge in [0.1, 0.15) is 0 Å². The number of hydrogen-bond donors (Lipinski definition) is 0. The van der Waals surface area contributed by atoms with Gasteiger partial charge in [-0.25, -0.2) is 8.42 Å². The molecule has 0 saturated carbocycles. The molecule has 0 spiro atoms. The number of nitrogens with zero attached hydrogens (tertiary/aromatic N) is 4. The zero-order valence-corrected chi connectivity index (χ0v) is 14.0. The Morgan fingerprint density at radius 2 is 1.62 bits per heavy atom. The minimum absolute atomic E-state index is 0.240. The number of rotatable bonds is 4. The molecule has 6 nitrogen and oxygen atoms in total. The summed E-state index contributed by atoms with van der Waals surface area (Å²) in [4.78, 5) is 6.48. The largest absolute Gasteiger partial charge is 0.296 e. The van der Waals surface area contributed by atoms with Crippen molar-refractivity contribution in [2.75, 3.05) is 26.2 Å². The van der Waals surface area contributed by atoms with E-state index >= 15 is 0 Å². The van der Waals surface area contributed by atoms with E-state index in [4.69, 9.17) is 5.26 Å². The summed E-state index contributed by atoms with van der Waals surface area (Å²) in [7, 11) is -3.50. The van der Waals surface area contributed by atoms with Crippen molar-refractivity contribution in [3.8, 4) is 6.07 Å². The molecule has 2 heterocycles. The standard InChI is InChI=1S/C17H18N4O2S/c18-13-15-1-3-17(4-2-15)24(22,23)21-11-9-20(10-12-21)14-16-5-7-19-8-6-16/h1-8H,9-12,14H2. The van der Waals surface area contributed by atoms with Crippen molar-refractivity contribution in [3.05, 3.63) is 59.9 Å². The Morgan fingerprint density at radius 3 is 2.21 bits per heavy atom. The molecule has 24 heavy (non-hydrogen) atoms. The summed E-state index contributed by atoms with van der Waals surface area (Å²) >= 11 is 0. The lowest BCUT2D eigenvalue weighted by Crippen LogP contribution is -2.48. The third-order valence-electron chi connectivity index (χ3n) is 4.11. The smallest absolute Gasteiger partial charge is 0.243 e. The van der Waals surface area contributed by atoms with Gasteiger partial charge in [-0.05, 0) is 42.0 Å². The van der Waals surface area contributed by atoms with E-state index in [0.717, 1.165) is 6.54 Å². The van der Waals surface area contributed by atoms with Crippen LogP contribution in [0.1, 0.15) is 11.1 Å². The molecular formula is C17H18N4O2S. The molecule has 1 fully saturated rings. The lowest BCUT2D eigenvalue weighted by Gasteiger charge is -2.34. The normalized spacial score (nSPS) is 16.6. The highest BCUT2D eigenvalue weighted by molar-refractivity contribution is 7.89. The van der Waals surface area contributed by atoms with Crippen molar-refractivity contribution in [3.63, 3.8) is 0 Å². The molecule has 0 amide bonds. The van der Waals surface area contributed by atoms with Crippen molar-refractivity contribution in [1.82, 2.24) is 14.2 Å². The van der Waals surface area contributed by atoms with Crippen LogP contribution in [0.5, 0.6) is 0 Å². The first-order valence-corrected chi connectivity index (χ1v) is 9.15. The monoisotopic (exact) mass is 342 g/mol. The molecule has 0 bridgehead atoms. The maximum Gasteiger partial charge on any atom is 0.243 e. The van der Waals surface area contributed by atoms with Crippen molar-refractivity contribution in [1.29, 1.82) is 5.26 Å². The second-order valence-corrected chi connectivity index (χ2v) is 7.61. The summed E-state index contributed by atoms with van der Waals surface area (Å²) in [5.74, 6) is 0. The Kier molecular flexibility index (Phi) is 4.90. The first kappa shape index (κ1) is 16.6. The topological polar surface area (TPSA) is 77.3 Å². The molecule has 7 heteroatoms. The van der Waals surface area contributed by atoms with Gasteiger partial charge in [0.2, 0.25) is 10.0 Å². The van der Waals surface area contributed by atoms with Crippen LogP contribution in [0.4, 0.5) is 0 Å². The zero-order valence-electron chi connectivity index (χ0n) is 13.2. The lowest BCUT2D eigenvalue weighted by atomic mass is 10.2. The van der Waals surface area contributed by atoms with E-state index in [0.29, 0.717) is 31.7 Å². The molecule has 1 aromatic heterocycles. The molecule has 0 atom stereocenters. The summed E-state index contributed by atoms with van der Waals surface area (Å²) in [6.45, 7) is 3.11. The van der Waals surface area contributed by atoms with Crippen LogP contribution >= 0.6 is 0 Å². The Labute approximate surface area is 142 Å². The van der Waals surface area contributed by atoms with Gasteiger partial charge in [0.05, 0.1) is 16.5 Å². The van der Waals surface area contributed by atoms with E-state index in [1.165, 1.54) is 34.1 Å². The quantitative estimate of drug-likeness (QED) is 0.841. The van der Waals surface area contributed by atoms with Gasteiger partial charge in [-0.2, -0.15) is 9.57 Å². The predicted octanol–water partition coefficient (Wildman–Crippen LogP) is 1.46. The number of piperazine rings is 1. The summed E-state index contributed by atoms with van der Waals surface area (Å²) < 4.78 is 26.8. The molecule has 1 aliphatic rings. The fourth-order valence-corrected chi connectivity index (χ4v) is 4.15. The third kappa shape index (κ3) is 3.62. The minimum Gasteiger partial charge on any atom is -0.296 e. The van der Waals surface area contributed by atoms with Gasteiger partial charge in [0.15, 0.2) is 0 Å². The average Bonchev–Trinajstić information content (AvgIpc) is 2.63. The molecule has 0 N–H and O–H groups in total. The highest BCUT2D eigenvalue weighted by atomic mass is 32.2. The molecule has 1 saturated heterocycles. The first-order chi connectivity index (χ1) is 11.6. The third-order valence-corrected chi connectivity index (χ3v) is 6.02. The number of pyridine rings is 1. The molecule has 0 unspecified atom stereocenters. The molecule has 3 rings (SSSR count). The molecular weight excluding hydrogens is 324 g/mol. The summed E-state index contributed by atoms with van der Waals surface area (Å²) in [5, 5.41) is 8.81. The average molecular weight is 342 g/mol. The number of hydrogen-bond acceptors (Lipinski definition) is 5. The van der Waals surface area contributed by atoms with Gasteiger partial charge in [-0.3, -0.25) is 9.88 Å². The molecule has 2 aromatic rings. The summed E-state index contributed by atoms with van der Waals surface area (Å²) in [6.07, 6.45) is 3.53. The van der Waals surface area contributed by atoms with Gasteiger partial charge >= 0.3 is 0 Å². The lowest BCUT2D eigenvalue weighted by molar-refractivity contribution is 0.181. The van der Waals surface area contributed by atoms with Crippen LogP contribution in [0.25, 0.3) is 0 Å². The Balaban J connectivity index is 1.64. The van der Waals surface area contributed by atoms with E-state index in [2.05, 4.69) is 9.88 Å². The van der Waals surface area contributed by atoms with Crippen LogP contribution in [0.2, 0.25) is 0 Å². The maximum absolute atomic E-state index is 12.7. The van der Waals surface area contributed by atoms with Crippen molar-refractivity contribution < 1.29 is 8.42 Å². The highest BCUT2D eigenvalue weighted by Gasteiger charge is 2.28. The number of nitriles is 1. The number of sulfonamides is 1. The highest BCUT2D eigenvalue weighted by Crippen LogP contribution is 2.19. The van der Waals surface area contributed by atoms with E-state index in [-0.39, 0.29) is 4.90 Å². The fraction of sp³-hybridized carbons (Fsp3) is 0.294. The van der Waals surface area contributed by atoms with Crippen LogP contribution in [0.15, 0.2) is 53.7 Å². The van der Waals surface area contributed by atoms with Crippen molar-refractivity contribution in [2.24, 2.45) is 0 Å². The van der Waals surface area contributed by atoms with E-state index in [9.17, 15) is 8.42 Å². The van der Waals surface area contributed by atoms with Crippen LogP contribution in [0.3, 0.4) is 0 Å². The van der Waals surface area contributed by atoms with Crippen LogP contribution < -0.4 is 0 Å².